The summed E-state index contributed by atoms with van der Waals surface area (Å²) in [5.41, 5.74) is 12.7. The molecule has 1 heterocycles. The van der Waals surface area contributed by atoms with Crippen LogP contribution in [0.5, 0.6) is 11.6 Å². The number of halogens is 1. The Hall–Kier alpha value is -1.94. The molecule has 2 rings (SSSR count). The smallest absolute Gasteiger partial charge is 0.221 e. The molecule has 0 bridgehead atoms. The Morgan fingerprint density at radius 1 is 1.22 bits per heavy atom. The average Bonchev–Trinajstić information content (AvgIpc) is 2.36. The van der Waals surface area contributed by atoms with E-state index in [1.165, 1.54) is 0 Å². The molecule has 0 amide bonds. The van der Waals surface area contributed by atoms with Crippen molar-refractivity contribution >= 4 is 23.1 Å². The molecule has 18 heavy (non-hydrogen) atoms. The van der Waals surface area contributed by atoms with Crippen LogP contribution in [0.3, 0.4) is 0 Å². The zero-order valence-corrected chi connectivity index (χ0v) is 10.7. The molecular weight excluding hydrogens is 250 g/mol. The molecule has 1 aromatic heterocycles. The van der Waals surface area contributed by atoms with E-state index < -0.39 is 0 Å². The Kier molecular flexibility index (Phi) is 3.58. The van der Waals surface area contributed by atoms with Crippen molar-refractivity contribution in [1.82, 2.24) is 4.98 Å². The lowest BCUT2D eigenvalue weighted by Gasteiger charge is -2.08. The highest BCUT2D eigenvalue weighted by atomic mass is 35.5. The fraction of sp³-hybridized carbons (Fsp3) is 0.154. The van der Waals surface area contributed by atoms with Crippen molar-refractivity contribution in [2.45, 2.75) is 13.3 Å². The van der Waals surface area contributed by atoms with Crippen molar-refractivity contribution in [1.29, 1.82) is 0 Å². The predicted octanol–water partition coefficient (Wildman–Crippen LogP) is 3.25. The van der Waals surface area contributed by atoms with Crippen LogP contribution in [0, 0.1) is 0 Å². The van der Waals surface area contributed by atoms with Gasteiger partial charge in [0.25, 0.3) is 0 Å². The number of hydrogen-bond acceptors (Lipinski definition) is 4. The number of nitrogen functional groups attached to an aromatic ring is 2. The Morgan fingerprint density at radius 2 is 2.00 bits per heavy atom. The molecule has 0 fully saturated rings. The third kappa shape index (κ3) is 2.65. The molecule has 0 saturated heterocycles. The highest BCUT2D eigenvalue weighted by Crippen LogP contribution is 2.27. The van der Waals surface area contributed by atoms with Crippen molar-refractivity contribution < 1.29 is 4.74 Å². The molecule has 4 nitrogen and oxygen atoms in total. The summed E-state index contributed by atoms with van der Waals surface area (Å²) in [6.07, 6.45) is 0.841. The van der Waals surface area contributed by atoms with E-state index in [2.05, 4.69) is 4.98 Å². The lowest BCUT2D eigenvalue weighted by Crippen LogP contribution is -1.99. The standard InChI is InChI=1S/C13H14ClN3O/c1-2-8-7-9(3-4-10(8)14)18-12-6-5-11(15)13(16)17-12/h3-7H,2,15H2,1H3,(H2,16,17). The SMILES string of the molecule is CCc1cc(Oc2ccc(N)c(N)n2)ccc1Cl. The third-order valence-corrected chi connectivity index (χ3v) is 2.92. The number of nitrogens with two attached hydrogens (primary N) is 2. The lowest BCUT2D eigenvalue weighted by molar-refractivity contribution is 0.463. The van der Waals surface area contributed by atoms with Crippen LogP contribution in [0.4, 0.5) is 11.5 Å². The van der Waals surface area contributed by atoms with Crippen LogP contribution in [-0.4, -0.2) is 4.98 Å². The van der Waals surface area contributed by atoms with Gasteiger partial charge in [-0.25, -0.2) is 0 Å². The number of anilines is 2. The topological polar surface area (TPSA) is 74.2 Å². The maximum atomic E-state index is 6.04. The molecule has 1 aromatic carbocycles. The number of aryl methyl sites for hydroxylation is 1. The fourth-order valence-electron chi connectivity index (χ4n) is 1.53. The van der Waals surface area contributed by atoms with Gasteiger partial charge >= 0.3 is 0 Å². The summed E-state index contributed by atoms with van der Waals surface area (Å²) in [5.74, 6) is 1.34. The molecule has 0 spiro atoms. The second-order valence-corrected chi connectivity index (χ2v) is 4.24. The molecule has 0 aliphatic rings. The maximum absolute atomic E-state index is 6.04. The van der Waals surface area contributed by atoms with Crippen molar-refractivity contribution in [3.8, 4) is 11.6 Å². The Morgan fingerprint density at radius 3 is 2.67 bits per heavy atom. The van der Waals surface area contributed by atoms with Gasteiger partial charge in [-0.2, -0.15) is 4.98 Å². The molecule has 0 saturated carbocycles. The number of pyridine rings is 1. The van der Waals surface area contributed by atoms with Crippen LogP contribution in [-0.2, 0) is 6.42 Å². The van der Waals surface area contributed by atoms with Gasteiger partial charge in [0, 0.05) is 11.1 Å². The zero-order valence-electron chi connectivity index (χ0n) is 9.98. The van der Waals surface area contributed by atoms with Gasteiger partial charge in [0.15, 0.2) is 5.82 Å². The van der Waals surface area contributed by atoms with Gasteiger partial charge in [0.1, 0.15) is 5.75 Å². The largest absolute Gasteiger partial charge is 0.439 e. The number of nitrogens with zero attached hydrogens (tertiary/aromatic N) is 1. The number of ether oxygens (including phenoxy) is 1. The number of benzene rings is 1. The molecule has 4 N–H and O–H groups in total. The summed E-state index contributed by atoms with van der Waals surface area (Å²) in [6, 6.07) is 8.81. The molecular formula is C13H14ClN3O. The second-order valence-electron chi connectivity index (χ2n) is 3.83. The van der Waals surface area contributed by atoms with Crippen LogP contribution >= 0.6 is 11.6 Å². The second kappa shape index (κ2) is 5.14. The van der Waals surface area contributed by atoms with Gasteiger partial charge in [0.2, 0.25) is 5.88 Å². The van der Waals surface area contributed by atoms with Gasteiger partial charge < -0.3 is 16.2 Å². The first kappa shape index (κ1) is 12.5. The van der Waals surface area contributed by atoms with Crippen LogP contribution in [0.2, 0.25) is 5.02 Å². The van der Waals surface area contributed by atoms with Crippen molar-refractivity contribution in [2.24, 2.45) is 0 Å². The minimum atomic E-state index is 0.261. The molecule has 0 atom stereocenters. The first-order valence-corrected chi connectivity index (χ1v) is 5.96. The normalized spacial score (nSPS) is 10.3. The van der Waals surface area contributed by atoms with E-state index in [-0.39, 0.29) is 5.82 Å². The van der Waals surface area contributed by atoms with Crippen LogP contribution in [0.15, 0.2) is 30.3 Å². The van der Waals surface area contributed by atoms with E-state index in [9.17, 15) is 0 Å². The summed E-state index contributed by atoms with van der Waals surface area (Å²) in [7, 11) is 0. The Bertz CT molecular complexity index is 572. The van der Waals surface area contributed by atoms with Crippen LogP contribution in [0.1, 0.15) is 12.5 Å². The molecule has 0 radical (unpaired) electrons. The third-order valence-electron chi connectivity index (χ3n) is 2.55. The highest BCUT2D eigenvalue weighted by molar-refractivity contribution is 6.31. The van der Waals surface area contributed by atoms with E-state index in [0.29, 0.717) is 17.3 Å². The van der Waals surface area contributed by atoms with Crippen LogP contribution in [0.25, 0.3) is 0 Å². The number of aromatic nitrogens is 1. The van der Waals surface area contributed by atoms with Crippen molar-refractivity contribution in [2.75, 3.05) is 11.5 Å². The summed E-state index contributed by atoms with van der Waals surface area (Å²) in [5, 5.41) is 0.731. The number of hydrogen-bond donors (Lipinski definition) is 2. The van der Waals surface area contributed by atoms with E-state index >= 15 is 0 Å². The first-order valence-electron chi connectivity index (χ1n) is 5.58. The van der Waals surface area contributed by atoms with E-state index in [0.717, 1.165) is 17.0 Å². The average molecular weight is 264 g/mol. The predicted molar refractivity (Wildman–Crippen MR) is 74.0 cm³/mol. The summed E-state index contributed by atoms with van der Waals surface area (Å²) < 4.78 is 5.61. The fourth-order valence-corrected chi connectivity index (χ4v) is 1.78. The van der Waals surface area contributed by atoms with Gasteiger partial charge in [-0.15, -0.1) is 0 Å². The summed E-state index contributed by atoms with van der Waals surface area (Å²) in [4.78, 5) is 4.04. The van der Waals surface area contributed by atoms with Crippen molar-refractivity contribution in [3.63, 3.8) is 0 Å². The Labute approximate surface area is 111 Å². The highest BCUT2D eigenvalue weighted by Gasteiger charge is 2.04. The van der Waals surface area contributed by atoms with Gasteiger partial charge in [0.05, 0.1) is 5.69 Å². The molecule has 0 aliphatic carbocycles. The summed E-state index contributed by atoms with van der Waals surface area (Å²) >= 11 is 6.04. The van der Waals surface area contributed by atoms with Crippen molar-refractivity contribution in [3.05, 3.63) is 40.9 Å². The van der Waals surface area contributed by atoms with E-state index in [1.807, 2.05) is 13.0 Å². The maximum Gasteiger partial charge on any atom is 0.221 e. The van der Waals surface area contributed by atoms with E-state index in [1.54, 1.807) is 24.3 Å². The molecule has 5 heteroatoms. The van der Waals surface area contributed by atoms with Gasteiger partial charge in [-0.3, -0.25) is 0 Å². The molecule has 94 valence electrons. The van der Waals surface area contributed by atoms with Gasteiger partial charge in [-0.1, -0.05) is 18.5 Å². The van der Waals surface area contributed by atoms with Crippen LogP contribution < -0.4 is 16.2 Å². The quantitative estimate of drug-likeness (QED) is 0.891. The summed E-state index contributed by atoms with van der Waals surface area (Å²) in [6.45, 7) is 2.03. The molecule has 2 aromatic rings. The Balaban J connectivity index is 2.25. The minimum Gasteiger partial charge on any atom is -0.439 e. The first-order chi connectivity index (χ1) is 8.60. The number of rotatable bonds is 3. The van der Waals surface area contributed by atoms with Gasteiger partial charge in [-0.05, 0) is 36.2 Å². The minimum absolute atomic E-state index is 0.261. The monoisotopic (exact) mass is 263 g/mol. The molecule has 0 unspecified atom stereocenters. The molecule has 0 aliphatic heterocycles. The van der Waals surface area contributed by atoms with E-state index in [4.69, 9.17) is 27.8 Å². The zero-order chi connectivity index (χ0) is 13.1. The lowest BCUT2D eigenvalue weighted by atomic mass is 10.1.